The van der Waals surface area contributed by atoms with Crippen LogP contribution in [0.5, 0.6) is 0 Å². The zero-order chi connectivity index (χ0) is 16.6. The molecule has 5 nitrogen and oxygen atoms in total. The zero-order valence-corrected chi connectivity index (χ0v) is 13.5. The minimum atomic E-state index is -0.312. The van der Waals surface area contributed by atoms with Crippen LogP contribution >= 0.6 is 11.3 Å². The number of nitrogens with zero attached hydrogens (tertiary/aromatic N) is 3. The number of nitrogens with two attached hydrogens (primary N) is 1. The summed E-state index contributed by atoms with van der Waals surface area (Å²) in [5.74, 6) is -0.312. The van der Waals surface area contributed by atoms with E-state index in [0.717, 1.165) is 16.0 Å². The Morgan fingerprint density at radius 2 is 1.91 bits per heavy atom. The molecule has 7 heteroatoms. The second-order valence-electron chi connectivity index (χ2n) is 5.36. The summed E-state index contributed by atoms with van der Waals surface area (Å²) >= 11 is 1.31. The molecule has 23 heavy (non-hydrogen) atoms. The van der Waals surface area contributed by atoms with Crippen molar-refractivity contribution in [2.45, 2.75) is 19.9 Å². The summed E-state index contributed by atoms with van der Waals surface area (Å²) in [7, 11) is 0. The van der Waals surface area contributed by atoms with Gasteiger partial charge in [0, 0.05) is 29.6 Å². The van der Waals surface area contributed by atoms with Gasteiger partial charge in [-0.3, -0.25) is 4.57 Å². The van der Waals surface area contributed by atoms with E-state index in [1.807, 2.05) is 13.8 Å². The number of hydrogen-bond acceptors (Lipinski definition) is 5. The highest BCUT2D eigenvalue weighted by Gasteiger charge is 2.16. The van der Waals surface area contributed by atoms with E-state index < -0.39 is 0 Å². The smallest absolute Gasteiger partial charge is 0.347 e. The van der Waals surface area contributed by atoms with E-state index in [1.165, 1.54) is 29.7 Å². The topological polar surface area (TPSA) is 73.8 Å². The predicted molar refractivity (Wildman–Crippen MR) is 89.8 cm³/mol. The van der Waals surface area contributed by atoms with Gasteiger partial charge in [0.25, 0.3) is 0 Å². The van der Waals surface area contributed by atoms with Crippen molar-refractivity contribution in [3.05, 3.63) is 53.0 Å². The third kappa shape index (κ3) is 3.00. The van der Waals surface area contributed by atoms with Gasteiger partial charge in [0.05, 0.1) is 10.6 Å². The normalized spacial score (nSPS) is 11.1. The SMILES string of the molecule is CC(C)n1cc(-c2sc(N)nc2-c2ccc(F)cc2)cnc1=O. The van der Waals surface area contributed by atoms with E-state index in [4.69, 9.17) is 5.73 Å². The first-order valence-corrected chi connectivity index (χ1v) is 7.88. The Hall–Kier alpha value is -2.54. The lowest BCUT2D eigenvalue weighted by atomic mass is 10.1. The highest BCUT2D eigenvalue weighted by molar-refractivity contribution is 7.19. The van der Waals surface area contributed by atoms with Gasteiger partial charge in [0.15, 0.2) is 5.13 Å². The average molecular weight is 330 g/mol. The second kappa shape index (κ2) is 5.92. The van der Waals surface area contributed by atoms with Crippen molar-refractivity contribution in [3.8, 4) is 21.7 Å². The van der Waals surface area contributed by atoms with Crippen LogP contribution in [-0.2, 0) is 0 Å². The van der Waals surface area contributed by atoms with Crippen molar-refractivity contribution in [3.63, 3.8) is 0 Å². The highest BCUT2D eigenvalue weighted by Crippen LogP contribution is 2.37. The number of benzene rings is 1. The lowest BCUT2D eigenvalue weighted by Crippen LogP contribution is -2.23. The maximum Gasteiger partial charge on any atom is 0.347 e. The highest BCUT2D eigenvalue weighted by atomic mass is 32.1. The maximum atomic E-state index is 13.1. The van der Waals surface area contributed by atoms with Gasteiger partial charge in [0.1, 0.15) is 5.82 Å². The first-order chi connectivity index (χ1) is 11.0. The molecule has 0 radical (unpaired) electrons. The van der Waals surface area contributed by atoms with Crippen molar-refractivity contribution in [1.29, 1.82) is 0 Å². The largest absolute Gasteiger partial charge is 0.375 e. The first kappa shape index (κ1) is 15.4. The molecular formula is C16H15FN4OS. The number of thiazole rings is 1. The van der Waals surface area contributed by atoms with Gasteiger partial charge in [-0.2, -0.15) is 0 Å². The Bertz CT molecular complexity index is 899. The standard InChI is InChI=1S/C16H15FN4OS/c1-9(2)21-8-11(7-19-16(21)22)14-13(20-15(18)23-14)10-3-5-12(17)6-4-10/h3-9H,1-2H3,(H2,18,20). The molecule has 0 unspecified atom stereocenters. The molecule has 2 heterocycles. The monoisotopic (exact) mass is 330 g/mol. The molecule has 0 aliphatic heterocycles. The van der Waals surface area contributed by atoms with Gasteiger partial charge < -0.3 is 5.73 Å². The van der Waals surface area contributed by atoms with Gasteiger partial charge in [0.2, 0.25) is 0 Å². The Morgan fingerprint density at radius 3 is 2.57 bits per heavy atom. The van der Waals surface area contributed by atoms with E-state index >= 15 is 0 Å². The molecule has 3 aromatic rings. The molecule has 0 fully saturated rings. The molecule has 2 N–H and O–H groups in total. The number of anilines is 1. The summed E-state index contributed by atoms with van der Waals surface area (Å²) in [6.07, 6.45) is 3.27. The van der Waals surface area contributed by atoms with E-state index in [2.05, 4.69) is 9.97 Å². The fourth-order valence-corrected chi connectivity index (χ4v) is 3.08. The minimum absolute atomic E-state index is 0.00510. The summed E-state index contributed by atoms with van der Waals surface area (Å²) in [6.45, 7) is 3.82. The maximum absolute atomic E-state index is 13.1. The molecule has 0 aliphatic carbocycles. The van der Waals surface area contributed by atoms with Crippen molar-refractivity contribution in [1.82, 2.24) is 14.5 Å². The lowest BCUT2D eigenvalue weighted by Gasteiger charge is -2.10. The molecule has 0 saturated heterocycles. The molecule has 0 bridgehead atoms. The summed E-state index contributed by atoms with van der Waals surface area (Å²) in [4.78, 5) is 20.9. The molecule has 2 aromatic heterocycles. The Morgan fingerprint density at radius 1 is 1.22 bits per heavy atom. The fraction of sp³-hybridized carbons (Fsp3) is 0.188. The van der Waals surface area contributed by atoms with E-state index in [-0.39, 0.29) is 17.5 Å². The zero-order valence-electron chi connectivity index (χ0n) is 12.7. The molecular weight excluding hydrogens is 315 g/mol. The molecule has 0 saturated carbocycles. The van der Waals surface area contributed by atoms with Crippen molar-refractivity contribution in [2.24, 2.45) is 0 Å². The summed E-state index contributed by atoms with van der Waals surface area (Å²) in [5.41, 5.74) is 7.73. The van der Waals surface area contributed by atoms with Gasteiger partial charge in [-0.15, -0.1) is 0 Å². The van der Waals surface area contributed by atoms with Gasteiger partial charge >= 0.3 is 5.69 Å². The fourth-order valence-electron chi connectivity index (χ4n) is 2.25. The van der Waals surface area contributed by atoms with Gasteiger partial charge in [-0.05, 0) is 38.1 Å². The molecule has 118 valence electrons. The van der Waals surface area contributed by atoms with E-state index in [9.17, 15) is 9.18 Å². The number of hydrogen-bond donors (Lipinski definition) is 1. The van der Waals surface area contributed by atoms with E-state index in [1.54, 1.807) is 22.9 Å². The van der Waals surface area contributed by atoms with Crippen LogP contribution in [0, 0.1) is 5.82 Å². The molecule has 0 amide bonds. The molecule has 3 rings (SSSR count). The second-order valence-corrected chi connectivity index (χ2v) is 6.39. The van der Waals surface area contributed by atoms with Crippen LogP contribution in [0.1, 0.15) is 19.9 Å². The molecule has 0 spiro atoms. The summed E-state index contributed by atoms with van der Waals surface area (Å²) in [5, 5.41) is 0.404. The number of halogens is 1. The lowest BCUT2D eigenvalue weighted by molar-refractivity contribution is 0.565. The van der Waals surface area contributed by atoms with Crippen LogP contribution in [-0.4, -0.2) is 14.5 Å². The number of rotatable bonds is 3. The van der Waals surface area contributed by atoms with Crippen molar-refractivity contribution < 1.29 is 4.39 Å². The third-order valence-corrected chi connectivity index (χ3v) is 4.33. The van der Waals surface area contributed by atoms with Gasteiger partial charge in [-0.1, -0.05) is 11.3 Å². The van der Waals surface area contributed by atoms with E-state index in [0.29, 0.717) is 10.8 Å². The molecule has 1 aromatic carbocycles. The summed E-state index contributed by atoms with van der Waals surface area (Å²) in [6, 6.07) is 6.05. The quantitative estimate of drug-likeness (QED) is 0.799. The Balaban J connectivity index is 2.16. The van der Waals surface area contributed by atoms with Crippen LogP contribution in [0.25, 0.3) is 21.7 Å². The Labute approximate surface area is 136 Å². The van der Waals surface area contributed by atoms with Crippen LogP contribution < -0.4 is 11.4 Å². The van der Waals surface area contributed by atoms with Crippen molar-refractivity contribution in [2.75, 3.05) is 5.73 Å². The predicted octanol–water partition coefficient (Wildman–Crippen LogP) is 3.34. The van der Waals surface area contributed by atoms with Crippen LogP contribution in [0.4, 0.5) is 9.52 Å². The van der Waals surface area contributed by atoms with Crippen LogP contribution in [0.3, 0.4) is 0 Å². The number of nitrogen functional groups attached to an aromatic ring is 1. The molecule has 0 aliphatic rings. The third-order valence-electron chi connectivity index (χ3n) is 3.39. The van der Waals surface area contributed by atoms with Crippen molar-refractivity contribution >= 4 is 16.5 Å². The molecule has 0 atom stereocenters. The number of aromatic nitrogens is 3. The Kier molecular flexibility index (Phi) is 3.96. The average Bonchev–Trinajstić information content (AvgIpc) is 2.90. The first-order valence-electron chi connectivity index (χ1n) is 7.06. The van der Waals surface area contributed by atoms with Crippen LogP contribution in [0.15, 0.2) is 41.5 Å². The summed E-state index contributed by atoms with van der Waals surface area (Å²) < 4.78 is 14.7. The van der Waals surface area contributed by atoms with Crippen LogP contribution in [0.2, 0.25) is 0 Å². The minimum Gasteiger partial charge on any atom is -0.375 e. The van der Waals surface area contributed by atoms with Gasteiger partial charge in [-0.25, -0.2) is 19.2 Å².